The summed E-state index contributed by atoms with van der Waals surface area (Å²) in [6, 6.07) is 5.89. The molecule has 0 radical (unpaired) electrons. The molecule has 20 heavy (non-hydrogen) atoms. The maximum atomic E-state index is 6.66. The van der Waals surface area contributed by atoms with Gasteiger partial charge in [0, 0.05) is 5.54 Å². The van der Waals surface area contributed by atoms with Crippen LogP contribution in [-0.4, -0.2) is 5.54 Å². The second kappa shape index (κ2) is 7.15. The molecule has 1 aliphatic carbocycles. The minimum Gasteiger partial charge on any atom is -0.325 e. The quantitative estimate of drug-likeness (QED) is 0.718. The van der Waals surface area contributed by atoms with Crippen molar-refractivity contribution in [2.75, 3.05) is 0 Å². The largest absolute Gasteiger partial charge is 0.325 e. The Bertz CT molecular complexity index is 447. The van der Waals surface area contributed by atoms with Gasteiger partial charge in [-0.15, -0.1) is 0 Å². The summed E-state index contributed by atoms with van der Waals surface area (Å²) in [4.78, 5) is 0. The number of rotatable bonds is 4. The lowest BCUT2D eigenvalue weighted by Crippen LogP contribution is -2.41. The van der Waals surface area contributed by atoms with E-state index >= 15 is 0 Å². The van der Waals surface area contributed by atoms with Crippen LogP contribution in [0.1, 0.15) is 57.4 Å². The van der Waals surface area contributed by atoms with Crippen LogP contribution in [0.25, 0.3) is 0 Å². The van der Waals surface area contributed by atoms with Gasteiger partial charge in [-0.2, -0.15) is 0 Å². The third-order valence-electron chi connectivity index (χ3n) is 4.57. The molecule has 2 unspecified atom stereocenters. The Labute approximate surface area is 132 Å². The number of halogens is 2. The van der Waals surface area contributed by atoms with E-state index in [-0.39, 0.29) is 5.54 Å². The SMILES string of the molecule is CCCC1CCCC(N)(Cc2ccc(Cl)c(Cl)c2)CC1. The van der Waals surface area contributed by atoms with Crippen molar-refractivity contribution < 1.29 is 0 Å². The zero-order valence-corrected chi connectivity index (χ0v) is 13.8. The molecule has 0 aliphatic heterocycles. The molecule has 2 atom stereocenters. The molecule has 1 aliphatic rings. The Balaban J connectivity index is 2.01. The number of benzene rings is 1. The van der Waals surface area contributed by atoms with Crippen LogP contribution >= 0.6 is 23.2 Å². The van der Waals surface area contributed by atoms with Crippen molar-refractivity contribution in [2.45, 2.75) is 63.8 Å². The third kappa shape index (κ3) is 4.38. The minimum absolute atomic E-state index is 0.0698. The number of hydrogen-bond acceptors (Lipinski definition) is 1. The maximum absolute atomic E-state index is 6.66. The van der Waals surface area contributed by atoms with E-state index in [9.17, 15) is 0 Å². The Morgan fingerprint density at radius 3 is 2.70 bits per heavy atom. The molecule has 0 saturated heterocycles. The first-order chi connectivity index (χ1) is 9.52. The van der Waals surface area contributed by atoms with E-state index < -0.39 is 0 Å². The lowest BCUT2D eigenvalue weighted by Gasteiger charge is -2.28. The average Bonchev–Trinajstić information content (AvgIpc) is 2.57. The van der Waals surface area contributed by atoms with Gasteiger partial charge in [-0.1, -0.05) is 61.9 Å². The fraction of sp³-hybridized carbons (Fsp3) is 0.647. The first-order valence-corrected chi connectivity index (χ1v) is 8.51. The van der Waals surface area contributed by atoms with Crippen molar-refractivity contribution in [1.82, 2.24) is 0 Å². The molecule has 2 rings (SSSR count). The van der Waals surface area contributed by atoms with Crippen molar-refractivity contribution in [3.8, 4) is 0 Å². The Hall–Kier alpha value is -0.240. The molecule has 2 N–H and O–H groups in total. The van der Waals surface area contributed by atoms with E-state index in [0.717, 1.165) is 25.2 Å². The van der Waals surface area contributed by atoms with Crippen LogP contribution in [0, 0.1) is 5.92 Å². The highest BCUT2D eigenvalue weighted by Crippen LogP contribution is 2.34. The van der Waals surface area contributed by atoms with Gasteiger partial charge in [0.15, 0.2) is 0 Å². The average molecular weight is 314 g/mol. The van der Waals surface area contributed by atoms with Crippen LogP contribution in [0.5, 0.6) is 0 Å². The van der Waals surface area contributed by atoms with E-state index in [1.165, 1.54) is 37.7 Å². The van der Waals surface area contributed by atoms with Gasteiger partial charge in [-0.3, -0.25) is 0 Å². The van der Waals surface area contributed by atoms with Crippen LogP contribution in [0.4, 0.5) is 0 Å². The smallest absolute Gasteiger partial charge is 0.0595 e. The monoisotopic (exact) mass is 313 g/mol. The van der Waals surface area contributed by atoms with Crippen LogP contribution in [0.3, 0.4) is 0 Å². The summed E-state index contributed by atoms with van der Waals surface area (Å²) < 4.78 is 0. The second-order valence-electron chi connectivity index (χ2n) is 6.37. The molecule has 1 aromatic carbocycles. The summed E-state index contributed by atoms with van der Waals surface area (Å²) in [5, 5.41) is 1.25. The topological polar surface area (TPSA) is 26.0 Å². The molecule has 3 heteroatoms. The van der Waals surface area contributed by atoms with Crippen molar-refractivity contribution in [3.63, 3.8) is 0 Å². The minimum atomic E-state index is -0.0698. The summed E-state index contributed by atoms with van der Waals surface area (Å²) >= 11 is 12.1. The molecule has 1 nitrogen and oxygen atoms in total. The Kier molecular flexibility index (Phi) is 5.77. The molecule has 0 aromatic heterocycles. The van der Waals surface area contributed by atoms with E-state index in [2.05, 4.69) is 13.0 Å². The highest BCUT2D eigenvalue weighted by molar-refractivity contribution is 6.42. The Morgan fingerprint density at radius 1 is 1.20 bits per heavy atom. The second-order valence-corrected chi connectivity index (χ2v) is 7.19. The highest BCUT2D eigenvalue weighted by atomic mass is 35.5. The zero-order chi connectivity index (χ0) is 14.6. The molecule has 1 saturated carbocycles. The summed E-state index contributed by atoms with van der Waals surface area (Å²) in [6.07, 6.45) is 9.65. The molecule has 0 amide bonds. The molecule has 0 spiro atoms. The van der Waals surface area contributed by atoms with Gasteiger partial charge in [0.25, 0.3) is 0 Å². The predicted molar refractivity (Wildman–Crippen MR) is 88.6 cm³/mol. The van der Waals surface area contributed by atoms with Crippen LogP contribution in [0.2, 0.25) is 10.0 Å². The fourth-order valence-corrected chi connectivity index (χ4v) is 3.75. The summed E-state index contributed by atoms with van der Waals surface area (Å²) in [5.74, 6) is 0.874. The molecule has 112 valence electrons. The van der Waals surface area contributed by atoms with E-state index in [1.807, 2.05) is 12.1 Å². The number of hydrogen-bond donors (Lipinski definition) is 1. The van der Waals surface area contributed by atoms with Crippen LogP contribution < -0.4 is 5.73 Å². The predicted octanol–water partition coefficient (Wildman–Crippen LogP) is 5.61. The van der Waals surface area contributed by atoms with Crippen molar-refractivity contribution in [2.24, 2.45) is 11.7 Å². The van der Waals surface area contributed by atoms with Crippen molar-refractivity contribution in [1.29, 1.82) is 0 Å². The Morgan fingerprint density at radius 2 is 2.00 bits per heavy atom. The van der Waals surface area contributed by atoms with Gasteiger partial charge in [-0.25, -0.2) is 0 Å². The van der Waals surface area contributed by atoms with Crippen LogP contribution in [0.15, 0.2) is 18.2 Å². The van der Waals surface area contributed by atoms with Gasteiger partial charge < -0.3 is 5.73 Å². The summed E-state index contributed by atoms with van der Waals surface area (Å²) in [6.45, 7) is 2.27. The lowest BCUT2D eigenvalue weighted by atomic mass is 9.84. The first-order valence-electron chi connectivity index (χ1n) is 7.75. The van der Waals surface area contributed by atoms with Crippen LogP contribution in [-0.2, 0) is 6.42 Å². The zero-order valence-electron chi connectivity index (χ0n) is 12.3. The lowest BCUT2D eigenvalue weighted by molar-refractivity contribution is 0.355. The maximum Gasteiger partial charge on any atom is 0.0595 e. The summed E-state index contributed by atoms with van der Waals surface area (Å²) in [7, 11) is 0. The van der Waals surface area contributed by atoms with Gasteiger partial charge in [0.2, 0.25) is 0 Å². The van der Waals surface area contributed by atoms with E-state index in [1.54, 1.807) is 0 Å². The molecular weight excluding hydrogens is 289 g/mol. The fourth-order valence-electron chi connectivity index (χ4n) is 3.43. The number of nitrogens with two attached hydrogens (primary N) is 1. The first kappa shape index (κ1) is 16.1. The van der Waals surface area contributed by atoms with Gasteiger partial charge in [0.05, 0.1) is 10.0 Å². The third-order valence-corrected chi connectivity index (χ3v) is 5.31. The van der Waals surface area contributed by atoms with Gasteiger partial charge >= 0.3 is 0 Å². The van der Waals surface area contributed by atoms with Gasteiger partial charge in [0.1, 0.15) is 0 Å². The molecule has 0 bridgehead atoms. The molecule has 1 fully saturated rings. The summed E-state index contributed by atoms with van der Waals surface area (Å²) in [5.41, 5.74) is 7.80. The van der Waals surface area contributed by atoms with E-state index in [0.29, 0.717) is 10.0 Å². The molecular formula is C17H25Cl2N. The normalized spacial score (nSPS) is 27.3. The molecule has 1 aromatic rings. The van der Waals surface area contributed by atoms with E-state index in [4.69, 9.17) is 28.9 Å². The van der Waals surface area contributed by atoms with Gasteiger partial charge in [-0.05, 0) is 49.3 Å². The van der Waals surface area contributed by atoms with Crippen molar-refractivity contribution in [3.05, 3.63) is 33.8 Å². The van der Waals surface area contributed by atoms with Crippen molar-refractivity contribution >= 4 is 23.2 Å². The molecule has 0 heterocycles. The standard InChI is InChI=1S/C17H25Cl2N/c1-2-4-13-5-3-9-17(20,10-8-13)12-14-6-7-15(18)16(19)11-14/h6-7,11,13H,2-5,8-10,12,20H2,1H3. The highest BCUT2D eigenvalue weighted by Gasteiger charge is 2.29.